The fourth-order valence-electron chi connectivity index (χ4n) is 1.83. The summed E-state index contributed by atoms with van der Waals surface area (Å²) in [6, 6.07) is 1.30. The van der Waals surface area contributed by atoms with Crippen LogP contribution in [0.1, 0.15) is 21.6 Å². The van der Waals surface area contributed by atoms with E-state index in [9.17, 15) is 9.59 Å². The van der Waals surface area contributed by atoms with Crippen molar-refractivity contribution in [2.45, 2.75) is 6.92 Å². The molecule has 0 bridgehead atoms. The van der Waals surface area contributed by atoms with Crippen molar-refractivity contribution >= 4 is 52.2 Å². The lowest BCUT2D eigenvalue weighted by atomic mass is 10.0. The second-order valence-corrected chi connectivity index (χ2v) is 5.69. The van der Waals surface area contributed by atoms with Crippen molar-refractivity contribution in [3.05, 3.63) is 53.3 Å². The van der Waals surface area contributed by atoms with Crippen LogP contribution in [0.25, 0.3) is 0 Å². The predicted octanol–water partition coefficient (Wildman–Crippen LogP) is 3.87. The van der Waals surface area contributed by atoms with Crippen molar-refractivity contribution in [1.29, 1.82) is 0 Å². The summed E-state index contributed by atoms with van der Waals surface area (Å²) in [6.07, 6.45) is 0. The first-order valence-electron chi connectivity index (χ1n) is 5.39. The van der Waals surface area contributed by atoms with Gasteiger partial charge in [-0.05, 0) is 13.0 Å². The average molecular weight is 354 g/mol. The molecule has 0 fully saturated rings. The van der Waals surface area contributed by atoms with E-state index in [2.05, 4.69) is 5.10 Å². The highest BCUT2D eigenvalue weighted by atomic mass is 35.5. The number of hydrogen-bond donors (Lipinski definition) is 1. The van der Waals surface area contributed by atoms with Crippen LogP contribution in [0.3, 0.4) is 0 Å². The normalized spacial score (nSPS) is 10.9. The van der Waals surface area contributed by atoms with Gasteiger partial charge in [-0.25, -0.2) is 0 Å². The molecule has 4 nitrogen and oxygen atoms in total. The van der Waals surface area contributed by atoms with Gasteiger partial charge in [0, 0.05) is 18.3 Å². The summed E-state index contributed by atoms with van der Waals surface area (Å²) in [4.78, 5) is 24.4. The summed E-state index contributed by atoms with van der Waals surface area (Å²) in [5.74, 6) is -0.560. The molecule has 0 aliphatic heterocycles. The number of H-pyrrole nitrogens is 1. The number of rotatable bonds is 2. The Bertz CT molecular complexity index is 777. The summed E-state index contributed by atoms with van der Waals surface area (Å²) < 4.78 is 1.20. The average Bonchev–Trinajstić information content (AvgIpc) is 2.64. The number of nitrogens with zero attached hydrogens (tertiary/aromatic N) is 1. The van der Waals surface area contributed by atoms with Crippen LogP contribution in [0.4, 0.5) is 0 Å². The molecule has 0 aliphatic rings. The number of hydrogen-bond acceptors (Lipinski definition) is 2. The van der Waals surface area contributed by atoms with E-state index in [-0.39, 0.29) is 31.2 Å². The molecular weight excluding hydrogens is 346 g/mol. The molecule has 1 N–H and O–H groups in total. The van der Waals surface area contributed by atoms with E-state index in [1.165, 1.54) is 17.8 Å². The van der Waals surface area contributed by atoms with Gasteiger partial charge >= 0.3 is 0 Å². The monoisotopic (exact) mass is 352 g/mol. The number of carbonyl (C=O) groups is 1. The van der Waals surface area contributed by atoms with Gasteiger partial charge < -0.3 is 0 Å². The molecule has 0 atom stereocenters. The highest BCUT2D eigenvalue weighted by Gasteiger charge is 2.24. The third kappa shape index (κ3) is 2.37. The van der Waals surface area contributed by atoms with Crippen molar-refractivity contribution in [1.82, 2.24) is 9.78 Å². The lowest BCUT2D eigenvalue weighted by molar-refractivity contribution is 0.103. The highest BCUT2D eigenvalue weighted by molar-refractivity contribution is 6.53. The molecule has 0 amide bonds. The van der Waals surface area contributed by atoms with Crippen molar-refractivity contribution in [3.63, 3.8) is 0 Å². The zero-order valence-corrected chi connectivity index (χ0v) is 13.4. The molecule has 0 spiro atoms. The first-order chi connectivity index (χ1) is 9.25. The van der Waals surface area contributed by atoms with Crippen LogP contribution in [-0.2, 0) is 7.05 Å². The maximum absolute atomic E-state index is 12.5. The third-order valence-corrected chi connectivity index (χ3v) is 4.55. The Morgan fingerprint density at radius 3 is 2.25 bits per heavy atom. The van der Waals surface area contributed by atoms with Crippen molar-refractivity contribution in [3.8, 4) is 0 Å². The number of aromatic amines is 1. The smallest absolute Gasteiger partial charge is 0.277 e. The van der Waals surface area contributed by atoms with Crippen LogP contribution in [-0.4, -0.2) is 15.6 Å². The minimum absolute atomic E-state index is 0.0103. The van der Waals surface area contributed by atoms with Crippen LogP contribution in [0.15, 0.2) is 10.9 Å². The number of carbonyl (C=O) groups excluding carboxylic acids is 1. The van der Waals surface area contributed by atoms with Gasteiger partial charge in [0.25, 0.3) is 5.56 Å². The summed E-state index contributed by atoms with van der Waals surface area (Å²) >= 11 is 23.7. The molecule has 106 valence electrons. The second-order valence-electron chi connectivity index (χ2n) is 4.15. The molecule has 0 saturated carbocycles. The fourth-order valence-corrected chi connectivity index (χ4v) is 2.71. The molecule has 0 aliphatic carbocycles. The Balaban J connectivity index is 2.69. The van der Waals surface area contributed by atoms with Gasteiger partial charge in [-0.15, -0.1) is 0 Å². The first kappa shape index (κ1) is 15.4. The lowest BCUT2D eigenvalue weighted by Gasteiger charge is -2.07. The van der Waals surface area contributed by atoms with E-state index in [1.807, 2.05) is 0 Å². The predicted molar refractivity (Wildman–Crippen MR) is 80.7 cm³/mol. The summed E-state index contributed by atoms with van der Waals surface area (Å²) in [6.45, 7) is 1.61. The van der Waals surface area contributed by atoms with Gasteiger partial charge in [-0.2, -0.15) is 0 Å². The van der Waals surface area contributed by atoms with Gasteiger partial charge in [-0.3, -0.25) is 19.4 Å². The molecule has 0 saturated heterocycles. The van der Waals surface area contributed by atoms with E-state index in [0.717, 1.165) is 0 Å². The van der Waals surface area contributed by atoms with Crippen LogP contribution in [0, 0.1) is 6.92 Å². The highest BCUT2D eigenvalue weighted by Crippen LogP contribution is 2.38. The number of aromatic nitrogens is 2. The number of nitrogens with one attached hydrogen (secondary N) is 1. The Labute approximate surface area is 134 Å². The fraction of sp³-hybridized carbons (Fsp3) is 0.167. The van der Waals surface area contributed by atoms with Crippen molar-refractivity contribution in [2.75, 3.05) is 0 Å². The molecule has 2 aromatic rings. The first-order valence-corrected chi connectivity index (χ1v) is 6.90. The molecule has 2 rings (SSSR count). The van der Waals surface area contributed by atoms with Crippen LogP contribution >= 0.6 is 46.4 Å². The van der Waals surface area contributed by atoms with E-state index >= 15 is 0 Å². The number of benzene rings is 1. The summed E-state index contributed by atoms with van der Waals surface area (Å²) in [5.41, 5.74) is 0.00115. The van der Waals surface area contributed by atoms with E-state index in [0.29, 0.717) is 5.69 Å². The lowest BCUT2D eigenvalue weighted by Crippen LogP contribution is -2.19. The van der Waals surface area contributed by atoms with E-state index < -0.39 is 11.3 Å². The van der Waals surface area contributed by atoms with Gasteiger partial charge in [0.1, 0.15) is 5.56 Å². The van der Waals surface area contributed by atoms with Crippen LogP contribution in [0.5, 0.6) is 0 Å². The van der Waals surface area contributed by atoms with Crippen molar-refractivity contribution in [2.24, 2.45) is 7.05 Å². The molecular formula is C12H8Cl4N2O2. The largest absolute Gasteiger partial charge is 0.299 e. The molecule has 0 unspecified atom stereocenters. The Hall–Kier alpha value is -0.940. The topological polar surface area (TPSA) is 54.9 Å². The Morgan fingerprint density at radius 1 is 1.15 bits per heavy atom. The molecule has 1 aromatic carbocycles. The number of ketones is 1. The van der Waals surface area contributed by atoms with E-state index in [1.54, 1.807) is 6.92 Å². The number of aryl methyl sites for hydroxylation is 2. The zero-order valence-electron chi connectivity index (χ0n) is 10.4. The third-order valence-electron chi connectivity index (χ3n) is 2.80. The van der Waals surface area contributed by atoms with Gasteiger partial charge in [-0.1, -0.05) is 46.4 Å². The molecule has 20 heavy (non-hydrogen) atoms. The molecule has 8 heteroatoms. The maximum atomic E-state index is 12.5. The minimum Gasteiger partial charge on any atom is -0.299 e. The van der Waals surface area contributed by atoms with E-state index in [4.69, 9.17) is 46.4 Å². The molecule has 1 aromatic heterocycles. The van der Waals surface area contributed by atoms with Gasteiger partial charge in [0.05, 0.1) is 20.1 Å². The van der Waals surface area contributed by atoms with Gasteiger partial charge in [0.15, 0.2) is 0 Å². The van der Waals surface area contributed by atoms with Crippen LogP contribution in [0.2, 0.25) is 20.1 Å². The van der Waals surface area contributed by atoms with Crippen LogP contribution < -0.4 is 5.56 Å². The summed E-state index contributed by atoms with van der Waals surface area (Å²) in [7, 11) is 1.51. The second kappa shape index (κ2) is 5.45. The quantitative estimate of drug-likeness (QED) is 0.506. The summed E-state index contributed by atoms with van der Waals surface area (Å²) in [5, 5.41) is 2.84. The molecule has 0 radical (unpaired) electrons. The zero-order chi connectivity index (χ0) is 15.2. The standard InChI is InChI=1S/C12H8Cl4N2O2/c1-4-7(12(20)18(2)17-4)11(19)5-3-6(13)9(15)10(16)8(5)14/h3,17H,1-2H3. The maximum Gasteiger partial charge on any atom is 0.277 e. The Kier molecular flexibility index (Phi) is 4.21. The SMILES string of the molecule is Cc1[nH]n(C)c(=O)c1C(=O)c1cc(Cl)c(Cl)c(Cl)c1Cl. The molecule has 1 heterocycles. The Morgan fingerprint density at radius 2 is 1.75 bits per heavy atom. The minimum atomic E-state index is -0.560. The number of halogens is 4. The van der Waals surface area contributed by atoms with Crippen molar-refractivity contribution < 1.29 is 4.79 Å². The van der Waals surface area contributed by atoms with Gasteiger partial charge in [0.2, 0.25) is 5.78 Å².